The first-order valence-corrected chi connectivity index (χ1v) is 5.59. The number of aromatic nitrogens is 2. The Bertz CT molecular complexity index is 638. The van der Waals surface area contributed by atoms with E-state index in [4.69, 9.17) is 0 Å². The summed E-state index contributed by atoms with van der Waals surface area (Å²) in [7, 11) is 0. The molecule has 1 aromatic carbocycles. The fourth-order valence-corrected chi connectivity index (χ4v) is 2.85. The molecule has 0 aliphatic carbocycles. The SMILES string of the molecule is Cc1c(CO)sc2nc3ccccc3n12. The van der Waals surface area contributed by atoms with E-state index in [0.717, 1.165) is 26.6 Å². The number of imidazole rings is 1. The fraction of sp³-hybridized carbons (Fsp3) is 0.182. The van der Waals surface area contributed by atoms with Crippen LogP contribution in [0.2, 0.25) is 0 Å². The Morgan fingerprint density at radius 3 is 3.00 bits per heavy atom. The second-order valence-electron chi connectivity index (χ2n) is 3.49. The third-order valence-electron chi connectivity index (χ3n) is 2.63. The fourth-order valence-electron chi connectivity index (χ4n) is 1.85. The summed E-state index contributed by atoms with van der Waals surface area (Å²) in [5, 5.41) is 9.18. The molecule has 2 aromatic heterocycles. The number of benzene rings is 1. The van der Waals surface area contributed by atoms with Crippen molar-refractivity contribution in [3.8, 4) is 0 Å². The molecule has 0 bridgehead atoms. The molecule has 76 valence electrons. The monoisotopic (exact) mass is 218 g/mol. The first-order valence-electron chi connectivity index (χ1n) is 4.77. The van der Waals surface area contributed by atoms with Crippen LogP contribution >= 0.6 is 11.3 Å². The molecule has 0 aliphatic heterocycles. The molecule has 3 nitrogen and oxygen atoms in total. The number of aliphatic hydroxyl groups excluding tert-OH is 1. The van der Waals surface area contributed by atoms with E-state index in [1.165, 1.54) is 0 Å². The summed E-state index contributed by atoms with van der Waals surface area (Å²) in [6.45, 7) is 2.11. The Labute approximate surface area is 90.6 Å². The van der Waals surface area contributed by atoms with E-state index in [1.807, 2.05) is 25.1 Å². The van der Waals surface area contributed by atoms with Crippen molar-refractivity contribution in [1.29, 1.82) is 0 Å². The van der Waals surface area contributed by atoms with Gasteiger partial charge in [-0.2, -0.15) is 0 Å². The van der Waals surface area contributed by atoms with Gasteiger partial charge in [0.15, 0.2) is 4.96 Å². The van der Waals surface area contributed by atoms with Gasteiger partial charge in [0, 0.05) is 5.69 Å². The van der Waals surface area contributed by atoms with Gasteiger partial charge < -0.3 is 5.11 Å². The zero-order chi connectivity index (χ0) is 10.4. The normalized spacial score (nSPS) is 11.6. The molecule has 4 heteroatoms. The van der Waals surface area contributed by atoms with Crippen molar-refractivity contribution in [3.05, 3.63) is 34.8 Å². The second-order valence-corrected chi connectivity index (χ2v) is 4.55. The van der Waals surface area contributed by atoms with Gasteiger partial charge in [-0.3, -0.25) is 4.40 Å². The van der Waals surface area contributed by atoms with Gasteiger partial charge in [-0.15, -0.1) is 0 Å². The summed E-state index contributed by atoms with van der Waals surface area (Å²) < 4.78 is 2.10. The van der Waals surface area contributed by atoms with Crippen LogP contribution in [0.25, 0.3) is 16.0 Å². The summed E-state index contributed by atoms with van der Waals surface area (Å²) in [6.07, 6.45) is 0. The van der Waals surface area contributed by atoms with Crippen molar-refractivity contribution in [2.75, 3.05) is 0 Å². The van der Waals surface area contributed by atoms with Crippen molar-refractivity contribution >= 4 is 27.3 Å². The minimum atomic E-state index is 0.0915. The van der Waals surface area contributed by atoms with Crippen molar-refractivity contribution in [2.24, 2.45) is 0 Å². The Balaban J connectivity index is 2.51. The molecular weight excluding hydrogens is 208 g/mol. The van der Waals surface area contributed by atoms with Crippen molar-refractivity contribution in [2.45, 2.75) is 13.5 Å². The third-order valence-corrected chi connectivity index (χ3v) is 3.75. The maximum absolute atomic E-state index is 9.18. The maximum Gasteiger partial charge on any atom is 0.195 e. The first kappa shape index (κ1) is 8.88. The zero-order valence-corrected chi connectivity index (χ0v) is 9.08. The molecule has 0 spiro atoms. The molecule has 0 fully saturated rings. The molecule has 2 heterocycles. The van der Waals surface area contributed by atoms with E-state index in [1.54, 1.807) is 11.3 Å². The van der Waals surface area contributed by atoms with Crippen molar-refractivity contribution in [1.82, 2.24) is 9.38 Å². The predicted molar refractivity (Wildman–Crippen MR) is 61.2 cm³/mol. The highest BCUT2D eigenvalue weighted by Gasteiger charge is 2.11. The van der Waals surface area contributed by atoms with Gasteiger partial charge in [-0.05, 0) is 19.1 Å². The lowest BCUT2D eigenvalue weighted by Gasteiger charge is -1.95. The van der Waals surface area contributed by atoms with Crippen LogP contribution < -0.4 is 0 Å². The quantitative estimate of drug-likeness (QED) is 0.680. The summed E-state index contributed by atoms with van der Waals surface area (Å²) in [5.74, 6) is 0. The highest BCUT2D eigenvalue weighted by molar-refractivity contribution is 7.17. The number of para-hydroxylation sites is 2. The number of thiazole rings is 1. The third kappa shape index (κ3) is 1.12. The number of nitrogens with zero attached hydrogens (tertiary/aromatic N) is 2. The number of rotatable bonds is 1. The standard InChI is InChI=1S/C11H10N2OS/c1-7-10(6-14)15-11-12-8-4-2-3-5-9(8)13(7)11/h2-5,14H,6H2,1H3. The van der Waals surface area contributed by atoms with Gasteiger partial charge in [0.05, 0.1) is 22.5 Å². The topological polar surface area (TPSA) is 37.5 Å². The average Bonchev–Trinajstić information content (AvgIpc) is 2.75. The van der Waals surface area contributed by atoms with E-state index >= 15 is 0 Å². The van der Waals surface area contributed by atoms with Crippen LogP contribution in [-0.4, -0.2) is 14.5 Å². The molecule has 3 aromatic rings. The lowest BCUT2D eigenvalue weighted by atomic mass is 10.3. The summed E-state index contributed by atoms with van der Waals surface area (Å²) in [4.78, 5) is 6.46. The Kier molecular flexibility index (Phi) is 1.81. The highest BCUT2D eigenvalue weighted by Crippen LogP contribution is 2.27. The molecule has 1 N–H and O–H groups in total. The Morgan fingerprint density at radius 2 is 2.20 bits per heavy atom. The lowest BCUT2D eigenvalue weighted by Crippen LogP contribution is -1.87. The largest absolute Gasteiger partial charge is 0.391 e. The zero-order valence-electron chi connectivity index (χ0n) is 8.27. The second kappa shape index (κ2) is 3.05. The number of aliphatic hydroxyl groups is 1. The van der Waals surface area contributed by atoms with E-state index in [-0.39, 0.29) is 6.61 Å². The molecule has 0 aliphatic rings. The van der Waals surface area contributed by atoms with Gasteiger partial charge in [0.1, 0.15) is 0 Å². The molecule has 0 unspecified atom stereocenters. The Morgan fingerprint density at radius 1 is 1.40 bits per heavy atom. The van der Waals surface area contributed by atoms with Gasteiger partial charge in [0.2, 0.25) is 0 Å². The molecular formula is C11H10N2OS. The van der Waals surface area contributed by atoms with E-state index in [9.17, 15) is 5.11 Å². The number of fused-ring (bicyclic) bond motifs is 3. The van der Waals surface area contributed by atoms with E-state index in [2.05, 4.69) is 15.5 Å². The van der Waals surface area contributed by atoms with Crippen LogP contribution in [0, 0.1) is 6.92 Å². The van der Waals surface area contributed by atoms with Gasteiger partial charge in [0.25, 0.3) is 0 Å². The number of aryl methyl sites for hydroxylation is 1. The summed E-state index contributed by atoms with van der Waals surface area (Å²) in [6, 6.07) is 8.05. The average molecular weight is 218 g/mol. The van der Waals surface area contributed by atoms with Gasteiger partial charge in [-0.25, -0.2) is 4.98 Å². The molecule has 0 saturated carbocycles. The summed E-state index contributed by atoms with van der Waals surface area (Å²) >= 11 is 1.55. The lowest BCUT2D eigenvalue weighted by molar-refractivity contribution is 0.284. The molecule has 0 amide bonds. The van der Waals surface area contributed by atoms with Crippen molar-refractivity contribution in [3.63, 3.8) is 0 Å². The molecule has 0 saturated heterocycles. The molecule has 0 radical (unpaired) electrons. The first-order chi connectivity index (χ1) is 7.31. The smallest absolute Gasteiger partial charge is 0.195 e. The van der Waals surface area contributed by atoms with Crippen LogP contribution in [0.15, 0.2) is 24.3 Å². The van der Waals surface area contributed by atoms with E-state index in [0.29, 0.717) is 0 Å². The molecule has 0 atom stereocenters. The molecule has 15 heavy (non-hydrogen) atoms. The van der Waals surface area contributed by atoms with E-state index < -0.39 is 0 Å². The van der Waals surface area contributed by atoms with Crippen LogP contribution in [0.3, 0.4) is 0 Å². The molecule has 3 rings (SSSR count). The van der Waals surface area contributed by atoms with Gasteiger partial charge in [-0.1, -0.05) is 23.5 Å². The van der Waals surface area contributed by atoms with Crippen LogP contribution in [-0.2, 0) is 6.61 Å². The number of hydrogen-bond donors (Lipinski definition) is 1. The highest BCUT2D eigenvalue weighted by atomic mass is 32.1. The predicted octanol–water partition coefficient (Wildman–Crippen LogP) is 2.35. The van der Waals surface area contributed by atoms with Crippen molar-refractivity contribution < 1.29 is 5.11 Å². The van der Waals surface area contributed by atoms with Crippen LogP contribution in [0.4, 0.5) is 0 Å². The maximum atomic E-state index is 9.18. The van der Waals surface area contributed by atoms with Crippen LogP contribution in [0.1, 0.15) is 10.6 Å². The minimum absolute atomic E-state index is 0.0915. The minimum Gasteiger partial charge on any atom is -0.391 e. The summed E-state index contributed by atoms with van der Waals surface area (Å²) in [5.41, 5.74) is 3.21. The number of hydrogen-bond acceptors (Lipinski definition) is 3. The Hall–Kier alpha value is -1.39. The van der Waals surface area contributed by atoms with Gasteiger partial charge >= 0.3 is 0 Å². The van der Waals surface area contributed by atoms with Crippen LogP contribution in [0.5, 0.6) is 0 Å².